The summed E-state index contributed by atoms with van der Waals surface area (Å²) in [6.45, 7) is 4.20. The van der Waals surface area contributed by atoms with Gasteiger partial charge in [0.1, 0.15) is 6.04 Å². The van der Waals surface area contributed by atoms with Crippen molar-refractivity contribution < 1.29 is 14.7 Å². The predicted octanol–water partition coefficient (Wildman–Crippen LogP) is 4.78. The van der Waals surface area contributed by atoms with Gasteiger partial charge in [0.2, 0.25) is 11.8 Å². The van der Waals surface area contributed by atoms with E-state index in [1.807, 2.05) is 42.5 Å². The van der Waals surface area contributed by atoms with Crippen LogP contribution in [0.3, 0.4) is 0 Å². The number of amides is 2. The number of nitrogens with one attached hydrogen (secondary N) is 1. The van der Waals surface area contributed by atoms with Crippen molar-refractivity contribution in [2.75, 3.05) is 26.2 Å². The van der Waals surface area contributed by atoms with Crippen LogP contribution in [-0.2, 0) is 16.0 Å². The molecule has 0 aromatic heterocycles. The Labute approximate surface area is 247 Å². The number of benzene rings is 1. The SMILES string of the molecule is CC(C(=O)NC1=CC(Cl)=CC(O)C=C1)N(CCc1ccc(C2=CCC=CC(C#N)=C2)cc1)C(=O)CN1CCCCC1. The molecule has 2 atom stereocenters. The molecule has 1 aromatic carbocycles. The van der Waals surface area contributed by atoms with Gasteiger partial charge >= 0.3 is 0 Å². The van der Waals surface area contributed by atoms with Crippen molar-refractivity contribution in [2.45, 2.75) is 51.2 Å². The van der Waals surface area contributed by atoms with E-state index in [-0.39, 0.29) is 18.4 Å². The Morgan fingerprint density at radius 2 is 1.93 bits per heavy atom. The van der Waals surface area contributed by atoms with Crippen LogP contribution in [0.4, 0.5) is 0 Å². The zero-order valence-electron chi connectivity index (χ0n) is 23.4. The number of halogens is 1. The van der Waals surface area contributed by atoms with E-state index in [9.17, 15) is 20.0 Å². The molecule has 0 radical (unpaired) electrons. The lowest BCUT2D eigenvalue weighted by Crippen LogP contribution is -2.51. The molecule has 0 bridgehead atoms. The highest BCUT2D eigenvalue weighted by Crippen LogP contribution is 2.22. The molecular formula is C33H37ClN4O3. The monoisotopic (exact) mass is 572 g/mol. The number of aliphatic hydroxyl groups excluding tert-OH is 1. The van der Waals surface area contributed by atoms with Crippen LogP contribution in [0.15, 0.2) is 89.2 Å². The maximum absolute atomic E-state index is 13.5. The van der Waals surface area contributed by atoms with Gasteiger partial charge in [-0.1, -0.05) is 60.5 Å². The number of rotatable bonds is 9. The first kappa shape index (κ1) is 30.3. The zero-order chi connectivity index (χ0) is 29.2. The maximum Gasteiger partial charge on any atom is 0.246 e. The summed E-state index contributed by atoms with van der Waals surface area (Å²) in [5, 5.41) is 22.4. The standard InChI is InChI=1S/C33H37ClN4O3/c1-24(33(41)36-30-13-14-31(39)21-29(34)20-30)38(32(40)23-37-16-5-2-6-17-37)18-15-25-9-11-27(12-10-25)28-8-4-3-7-26(19-28)22-35/h3,7-14,19-21,24,31,39H,2,4-6,15-18,23H2,1H3,(H,36,41). The Kier molecular flexibility index (Phi) is 10.9. The molecule has 1 saturated heterocycles. The van der Waals surface area contributed by atoms with Crippen LogP contribution < -0.4 is 5.32 Å². The summed E-state index contributed by atoms with van der Waals surface area (Å²) in [5.74, 6) is -0.395. The van der Waals surface area contributed by atoms with Crippen LogP contribution in [0, 0.1) is 11.3 Å². The summed E-state index contributed by atoms with van der Waals surface area (Å²) in [7, 11) is 0. The fraction of sp³-hybridized carbons (Fsp3) is 0.364. The van der Waals surface area contributed by atoms with Gasteiger partial charge in [-0.15, -0.1) is 0 Å². The average Bonchev–Trinajstić information content (AvgIpc) is 3.31. The maximum atomic E-state index is 13.5. The molecule has 0 saturated carbocycles. The number of likely N-dealkylation sites (tertiary alicyclic amines) is 1. The van der Waals surface area contributed by atoms with Crippen molar-refractivity contribution in [1.82, 2.24) is 15.1 Å². The summed E-state index contributed by atoms with van der Waals surface area (Å²) < 4.78 is 0. The number of nitrogens with zero attached hydrogens (tertiary/aromatic N) is 3. The Morgan fingerprint density at radius 3 is 2.66 bits per heavy atom. The lowest BCUT2D eigenvalue weighted by molar-refractivity contribution is -0.140. The minimum atomic E-state index is -0.834. The van der Waals surface area contributed by atoms with E-state index in [0.29, 0.717) is 29.3 Å². The molecule has 0 spiro atoms. The molecule has 4 rings (SSSR count). The fourth-order valence-electron chi connectivity index (χ4n) is 5.11. The van der Waals surface area contributed by atoms with Gasteiger partial charge in [0.15, 0.2) is 0 Å². The van der Waals surface area contributed by atoms with E-state index in [1.165, 1.54) is 18.6 Å². The highest BCUT2D eigenvalue weighted by molar-refractivity contribution is 6.31. The first-order chi connectivity index (χ1) is 19.8. The molecule has 3 aliphatic rings. The van der Waals surface area contributed by atoms with Crippen LogP contribution in [0.1, 0.15) is 43.7 Å². The summed E-state index contributed by atoms with van der Waals surface area (Å²) in [6.07, 6.45) is 17.8. The normalized spacial score (nSPS) is 19.9. The molecule has 7 nitrogen and oxygen atoms in total. The van der Waals surface area contributed by atoms with Gasteiger partial charge < -0.3 is 15.3 Å². The first-order valence-electron chi connectivity index (χ1n) is 14.2. The number of nitriles is 1. The second kappa shape index (κ2) is 14.8. The molecule has 1 aromatic rings. The van der Waals surface area contributed by atoms with Crippen LogP contribution in [0.25, 0.3) is 5.57 Å². The zero-order valence-corrected chi connectivity index (χ0v) is 24.2. The highest BCUT2D eigenvalue weighted by Gasteiger charge is 2.28. The van der Waals surface area contributed by atoms with Crippen molar-refractivity contribution in [3.8, 4) is 6.07 Å². The topological polar surface area (TPSA) is 96.7 Å². The Hall–Kier alpha value is -3.70. The van der Waals surface area contributed by atoms with Crippen molar-refractivity contribution in [3.63, 3.8) is 0 Å². The van der Waals surface area contributed by atoms with E-state index >= 15 is 0 Å². The van der Waals surface area contributed by atoms with Crippen molar-refractivity contribution in [3.05, 3.63) is 100 Å². The molecule has 1 aliphatic heterocycles. The van der Waals surface area contributed by atoms with Gasteiger partial charge in [-0.25, -0.2) is 0 Å². The van der Waals surface area contributed by atoms with Crippen molar-refractivity contribution in [1.29, 1.82) is 5.26 Å². The Morgan fingerprint density at radius 1 is 1.17 bits per heavy atom. The van der Waals surface area contributed by atoms with Crippen LogP contribution >= 0.6 is 11.6 Å². The predicted molar refractivity (Wildman–Crippen MR) is 162 cm³/mol. The molecule has 2 amide bonds. The van der Waals surface area contributed by atoms with Gasteiger partial charge in [0.25, 0.3) is 0 Å². The fourth-order valence-corrected chi connectivity index (χ4v) is 5.36. The summed E-state index contributed by atoms with van der Waals surface area (Å²) in [6, 6.07) is 9.63. The third-order valence-electron chi connectivity index (χ3n) is 7.48. The number of hydrogen-bond donors (Lipinski definition) is 2. The van der Waals surface area contributed by atoms with Crippen LogP contribution in [-0.4, -0.2) is 65.0 Å². The Balaban J connectivity index is 1.46. The molecule has 214 valence electrons. The van der Waals surface area contributed by atoms with E-state index in [1.54, 1.807) is 24.0 Å². The minimum Gasteiger partial charge on any atom is -0.385 e. The molecule has 2 aliphatic carbocycles. The number of carbonyl (C=O) groups excluding carboxylic acids is 2. The van der Waals surface area contributed by atoms with Gasteiger partial charge in [-0.3, -0.25) is 14.5 Å². The molecule has 2 unspecified atom stereocenters. The minimum absolute atomic E-state index is 0.0739. The lowest BCUT2D eigenvalue weighted by atomic mass is 10.0. The van der Waals surface area contributed by atoms with Crippen LogP contribution in [0.2, 0.25) is 0 Å². The number of carbonyl (C=O) groups is 2. The average molecular weight is 573 g/mol. The molecule has 41 heavy (non-hydrogen) atoms. The van der Waals surface area contributed by atoms with E-state index in [4.69, 9.17) is 11.6 Å². The largest absolute Gasteiger partial charge is 0.385 e. The molecule has 1 fully saturated rings. The number of allylic oxidation sites excluding steroid dienone is 9. The number of hydrogen-bond acceptors (Lipinski definition) is 5. The summed E-state index contributed by atoms with van der Waals surface area (Å²) in [4.78, 5) is 30.7. The third kappa shape index (κ3) is 8.89. The number of aliphatic hydroxyl groups is 1. The second-order valence-corrected chi connectivity index (χ2v) is 11.0. The molecule has 1 heterocycles. The summed E-state index contributed by atoms with van der Waals surface area (Å²) >= 11 is 6.14. The lowest BCUT2D eigenvalue weighted by Gasteiger charge is -2.32. The summed E-state index contributed by atoms with van der Waals surface area (Å²) in [5.41, 5.74) is 4.16. The quantitative estimate of drug-likeness (QED) is 0.444. The van der Waals surface area contributed by atoms with Gasteiger partial charge in [0.05, 0.1) is 24.3 Å². The van der Waals surface area contributed by atoms with Crippen molar-refractivity contribution >= 4 is 29.0 Å². The van der Waals surface area contributed by atoms with Crippen molar-refractivity contribution in [2.24, 2.45) is 0 Å². The molecular weight excluding hydrogens is 536 g/mol. The van der Waals surface area contributed by atoms with E-state index < -0.39 is 12.1 Å². The second-order valence-electron chi connectivity index (χ2n) is 10.5. The highest BCUT2D eigenvalue weighted by atomic mass is 35.5. The van der Waals surface area contributed by atoms with Gasteiger partial charge in [-0.05, 0) is 92.8 Å². The van der Waals surface area contributed by atoms with E-state index in [0.717, 1.165) is 49.1 Å². The smallest absolute Gasteiger partial charge is 0.246 e. The number of piperidine rings is 1. The molecule has 8 heteroatoms. The Bertz CT molecular complexity index is 1340. The third-order valence-corrected chi connectivity index (χ3v) is 7.71. The molecule has 2 N–H and O–H groups in total. The van der Waals surface area contributed by atoms with Crippen LogP contribution in [0.5, 0.6) is 0 Å². The van der Waals surface area contributed by atoms with Gasteiger partial charge in [0, 0.05) is 17.3 Å². The van der Waals surface area contributed by atoms with Gasteiger partial charge in [-0.2, -0.15) is 5.26 Å². The first-order valence-corrected chi connectivity index (χ1v) is 14.6. The van der Waals surface area contributed by atoms with E-state index in [2.05, 4.69) is 22.4 Å².